The van der Waals surface area contributed by atoms with E-state index in [9.17, 15) is 14.7 Å². The number of methoxy groups -OCH3 is 1. The Morgan fingerprint density at radius 3 is 2.35 bits per heavy atom. The lowest BCUT2D eigenvalue weighted by Gasteiger charge is -2.13. The Bertz CT molecular complexity index is 724. The van der Waals surface area contributed by atoms with Crippen LogP contribution in [0.5, 0.6) is 11.5 Å². The van der Waals surface area contributed by atoms with Crippen molar-refractivity contribution < 1.29 is 24.2 Å². The summed E-state index contributed by atoms with van der Waals surface area (Å²) in [5, 5.41) is 10.00. The number of hydrogen-bond acceptors (Lipinski definition) is 5. The van der Waals surface area contributed by atoms with Gasteiger partial charge in [-0.15, -0.1) is 0 Å². The zero-order valence-corrected chi connectivity index (χ0v) is 13.3. The van der Waals surface area contributed by atoms with Crippen LogP contribution in [0.25, 0.3) is 0 Å². The van der Waals surface area contributed by atoms with Gasteiger partial charge in [-0.2, -0.15) is 0 Å². The number of benzene rings is 2. The predicted octanol–water partition coefficient (Wildman–Crippen LogP) is 3.48. The number of carbonyl (C=O) groups excluding carboxylic acids is 2. The van der Waals surface area contributed by atoms with Gasteiger partial charge in [0.25, 0.3) is 0 Å². The van der Waals surface area contributed by atoms with Gasteiger partial charge in [0.2, 0.25) is 5.78 Å². The van der Waals surface area contributed by atoms with E-state index < -0.39 is 12.1 Å². The predicted molar refractivity (Wildman–Crippen MR) is 85.3 cm³/mol. The van der Waals surface area contributed by atoms with E-state index in [0.717, 1.165) is 0 Å². The molecule has 0 aliphatic carbocycles. The Hall–Kier alpha value is -2.53. The first kappa shape index (κ1) is 16.8. The highest BCUT2D eigenvalue weighted by Gasteiger charge is 2.22. The zero-order chi connectivity index (χ0) is 17.0. The first-order chi connectivity index (χ1) is 10.9. The minimum absolute atomic E-state index is 0.0521. The highest BCUT2D eigenvalue weighted by atomic mass is 35.5. The molecule has 1 unspecified atom stereocenters. The minimum Gasteiger partial charge on any atom is -0.507 e. The zero-order valence-electron chi connectivity index (χ0n) is 12.6. The molecular formula is C17H15ClO5. The fraction of sp³-hybridized carbons (Fsp3) is 0.176. The maximum Gasteiger partial charge on any atom is 0.342 e. The molecule has 2 aromatic rings. The molecule has 0 aliphatic rings. The molecule has 23 heavy (non-hydrogen) atoms. The maximum atomic E-state index is 12.2. The molecule has 1 N–H and O–H groups in total. The van der Waals surface area contributed by atoms with Gasteiger partial charge in [0.15, 0.2) is 6.10 Å². The van der Waals surface area contributed by atoms with E-state index in [0.29, 0.717) is 16.3 Å². The second kappa shape index (κ2) is 7.15. The molecule has 0 bridgehead atoms. The van der Waals surface area contributed by atoms with Gasteiger partial charge in [0.1, 0.15) is 17.1 Å². The van der Waals surface area contributed by atoms with Gasteiger partial charge in [-0.3, -0.25) is 4.79 Å². The average molecular weight is 335 g/mol. The van der Waals surface area contributed by atoms with Crippen LogP contribution in [0.15, 0.2) is 42.5 Å². The summed E-state index contributed by atoms with van der Waals surface area (Å²) in [6, 6.07) is 10.5. The van der Waals surface area contributed by atoms with Crippen molar-refractivity contribution in [1.82, 2.24) is 0 Å². The van der Waals surface area contributed by atoms with E-state index in [4.69, 9.17) is 21.1 Å². The Balaban J connectivity index is 2.09. The number of ketones is 1. The summed E-state index contributed by atoms with van der Waals surface area (Å²) in [7, 11) is 1.53. The van der Waals surface area contributed by atoms with Crippen LogP contribution in [0.2, 0.25) is 5.02 Å². The average Bonchev–Trinajstić information content (AvgIpc) is 2.54. The molecule has 2 rings (SSSR count). The molecule has 6 heteroatoms. The highest BCUT2D eigenvalue weighted by Crippen LogP contribution is 2.23. The van der Waals surface area contributed by atoms with Crippen molar-refractivity contribution in [2.75, 3.05) is 7.11 Å². The van der Waals surface area contributed by atoms with Crippen LogP contribution in [0.3, 0.4) is 0 Å². The van der Waals surface area contributed by atoms with Crippen LogP contribution in [-0.2, 0) is 4.74 Å². The van der Waals surface area contributed by atoms with Gasteiger partial charge in [0.05, 0.1) is 7.11 Å². The Kier molecular flexibility index (Phi) is 5.24. The molecule has 1 atom stereocenters. The Morgan fingerprint density at radius 1 is 1.13 bits per heavy atom. The molecule has 0 aromatic heterocycles. The molecule has 2 aromatic carbocycles. The molecule has 0 amide bonds. The quantitative estimate of drug-likeness (QED) is 0.669. The van der Waals surface area contributed by atoms with Crippen LogP contribution < -0.4 is 4.74 Å². The first-order valence-electron chi connectivity index (χ1n) is 6.80. The lowest BCUT2D eigenvalue weighted by Crippen LogP contribution is -2.24. The first-order valence-corrected chi connectivity index (χ1v) is 7.18. The second-order valence-corrected chi connectivity index (χ2v) is 5.24. The van der Waals surface area contributed by atoms with E-state index >= 15 is 0 Å². The SMILES string of the molecule is COc1ccc(C(=O)C(C)OC(=O)c2ccc(Cl)cc2O)cc1. The van der Waals surface area contributed by atoms with Crippen LogP contribution in [0.1, 0.15) is 27.6 Å². The van der Waals surface area contributed by atoms with Crippen molar-refractivity contribution >= 4 is 23.4 Å². The third-order valence-electron chi connectivity index (χ3n) is 3.21. The molecular weight excluding hydrogens is 320 g/mol. The van der Waals surface area contributed by atoms with Crippen molar-refractivity contribution in [1.29, 1.82) is 0 Å². The van der Waals surface area contributed by atoms with Gasteiger partial charge in [0, 0.05) is 10.6 Å². The summed E-state index contributed by atoms with van der Waals surface area (Å²) in [5.41, 5.74) is 0.343. The largest absolute Gasteiger partial charge is 0.507 e. The number of Topliss-reactive ketones (excluding diaryl/α,β-unsaturated/α-hetero) is 1. The van der Waals surface area contributed by atoms with Crippen LogP contribution in [-0.4, -0.2) is 30.1 Å². The summed E-state index contributed by atoms with van der Waals surface area (Å²) in [5.74, 6) is -0.827. The molecule has 0 fully saturated rings. The van der Waals surface area contributed by atoms with Gasteiger partial charge in [-0.05, 0) is 49.4 Å². The molecule has 0 saturated carbocycles. The van der Waals surface area contributed by atoms with Gasteiger partial charge in [-0.25, -0.2) is 4.79 Å². The number of aromatic hydroxyl groups is 1. The highest BCUT2D eigenvalue weighted by molar-refractivity contribution is 6.30. The number of carbonyl (C=O) groups is 2. The number of rotatable bonds is 5. The second-order valence-electron chi connectivity index (χ2n) is 4.80. The van der Waals surface area contributed by atoms with Crippen molar-refractivity contribution in [2.24, 2.45) is 0 Å². The normalized spacial score (nSPS) is 11.6. The third-order valence-corrected chi connectivity index (χ3v) is 3.44. The lowest BCUT2D eigenvalue weighted by atomic mass is 10.1. The molecule has 5 nitrogen and oxygen atoms in total. The summed E-state index contributed by atoms with van der Waals surface area (Å²) in [6.07, 6.45) is -0.994. The van der Waals surface area contributed by atoms with Crippen molar-refractivity contribution in [3.05, 3.63) is 58.6 Å². The molecule has 0 spiro atoms. The van der Waals surface area contributed by atoms with E-state index in [2.05, 4.69) is 0 Å². The number of phenols is 1. The minimum atomic E-state index is -0.994. The Morgan fingerprint density at radius 2 is 1.78 bits per heavy atom. The van der Waals surface area contributed by atoms with Crippen LogP contribution >= 0.6 is 11.6 Å². The van der Waals surface area contributed by atoms with E-state index in [1.807, 2.05) is 0 Å². The smallest absolute Gasteiger partial charge is 0.342 e. The van der Waals surface area contributed by atoms with E-state index in [1.54, 1.807) is 24.3 Å². The molecule has 0 heterocycles. The van der Waals surface area contributed by atoms with Crippen LogP contribution in [0.4, 0.5) is 0 Å². The van der Waals surface area contributed by atoms with Crippen molar-refractivity contribution in [3.8, 4) is 11.5 Å². The van der Waals surface area contributed by atoms with Gasteiger partial charge in [-0.1, -0.05) is 11.6 Å². The van der Waals surface area contributed by atoms with E-state index in [1.165, 1.54) is 32.2 Å². The summed E-state index contributed by atoms with van der Waals surface area (Å²) in [6.45, 7) is 1.47. The summed E-state index contributed by atoms with van der Waals surface area (Å²) >= 11 is 5.71. The van der Waals surface area contributed by atoms with Gasteiger partial charge >= 0.3 is 5.97 Å². The standard InChI is InChI=1S/C17H15ClO5/c1-10(16(20)11-3-6-13(22-2)7-4-11)23-17(21)14-8-5-12(18)9-15(14)19/h3-10,19H,1-2H3. The fourth-order valence-electron chi connectivity index (χ4n) is 1.94. The number of hydrogen-bond donors (Lipinski definition) is 1. The van der Waals surface area contributed by atoms with Gasteiger partial charge < -0.3 is 14.6 Å². The number of esters is 1. The number of halogens is 1. The number of ether oxygens (including phenoxy) is 2. The summed E-state index contributed by atoms with van der Waals surface area (Å²) < 4.78 is 10.1. The maximum absolute atomic E-state index is 12.2. The Labute approximate surface area is 138 Å². The third kappa shape index (κ3) is 4.02. The van der Waals surface area contributed by atoms with Crippen molar-refractivity contribution in [2.45, 2.75) is 13.0 Å². The van der Waals surface area contributed by atoms with E-state index in [-0.39, 0.29) is 17.1 Å². The van der Waals surface area contributed by atoms with Crippen LogP contribution in [0, 0.1) is 0 Å². The molecule has 0 aliphatic heterocycles. The molecule has 0 saturated heterocycles. The monoisotopic (exact) mass is 334 g/mol. The molecule has 0 radical (unpaired) electrons. The topological polar surface area (TPSA) is 72.8 Å². The lowest BCUT2D eigenvalue weighted by molar-refractivity contribution is 0.0316. The molecule has 120 valence electrons. The number of phenolic OH excluding ortho intramolecular Hbond substituents is 1. The summed E-state index contributed by atoms with van der Waals surface area (Å²) in [4.78, 5) is 24.3. The van der Waals surface area contributed by atoms with Crippen molar-refractivity contribution in [3.63, 3.8) is 0 Å². The fourth-order valence-corrected chi connectivity index (χ4v) is 2.11.